The van der Waals surface area contributed by atoms with Gasteiger partial charge in [-0.3, -0.25) is 0 Å². The van der Waals surface area contributed by atoms with Gasteiger partial charge in [0, 0.05) is 0 Å². The van der Waals surface area contributed by atoms with E-state index in [-0.39, 0.29) is 32.2 Å². The maximum atomic E-state index is 12.0. The lowest BCUT2D eigenvalue weighted by molar-refractivity contribution is 0.0477. The number of amides is 1. The molecule has 1 aromatic heterocycles. The molecule has 0 fully saturated rings. The number of carboxylic acid groups (broad SMARTS) is 1. The van der Waals surface area contributed by atoms with Gasteiger partial charge >= 0.3 is 12.1 Å². The highest BCUT2D eigenvalue weighted by molar-refractivity contribution is 7.59. The standard InChI is InChI=1S/C16H21N5O5.H2S/c1-16(2,3)26-15(24)19-12(8-21-18-10-17-20-21)9-25-13-6-4-11(5-7-13)14(22)23;/h4-7,10,12H,8-9H2,1-3H3,(H,19,24)(H,22,23);1H2. The Balaban J connectivity index is 0.00000364. The molecule has 148 valence electrons. The summed E-state index contributed by atoms with van der Waals surface area (Å²) in [5.41, 5.74) is -0.471. The molecule has 2 aromatic rings. The van der Waals surface area contributed by atoms with Gasteiger partial charge in [0.1, 0.15) is 18.0 Å². The first-order valence-electron chi connectivity index (χ1n) is 7.89. The largest absolute Gasteiger partial charge is 0.491 e. The van der Waals surface area contributed by atoms with E-state index in [1.807, 2.05) is 0 Å². The van der Waals surface area contributed by atoms with Gasteiger partial charge in [-0.15, -0.1) is 10.2 Å². The van der Waals surface area contributed by atoms with Crippen molar-refractivity contribution >= 4 is 25.6 Å². The molecule has 0 bridgehead atoms. The maximum Gasteiger partial charge on any atom is 0.408 e. The van der Waals surface area contributed by atoms with E-state index in [1.165, 1.54) is 23.3 Å². The van der Waals surface area contributed by atoms with Gasteiger partial charge in [-0.2, -0.15) is 18.3 Å². The van der Waals surface area contributed by atoms with E-state index in [4.69, 9.17) is 14.6 Å². The number of ether oxygens (including phenoxy) is 2. The Bertz CT molecular complexity index is 731. The Morgan fingerprint density at radius 2 is 1.93 bits per heavy atom. The van der Waals surface area contributed by atoms with E-state index in [2.05, 4.69) is 20.7 Å². The molecule has 1 amide bonds. The van der Waals surface area contributed by atoms with Crippen LogP contribution in [0.15, 0.2) is 30.6 Å². The van der Waals surface area contributed by atoms with Crippen LogP contribution < -0.4 is 10.1 Å². The van der Waals surface area contributed by atoms with Gasteiger partial charge in [0.25, 0.3) is 0 Å². The first-order valence-corrected chi connectivity index (χ1v) is 7.89. The third-order valence-electron chi connectivity index (χ3n) is 3.05. The van der Waals surface area contributed by atoms with E-state index in [0.29, 0.717) is 5.75 Å². The van der Waals surface area contributed by atoms with Crippen molar-refractivity contribution < 1.29 is 24.2 Å². The number of aromatic nitrogens is 4. The fraction of sp³-hybridized carbons (Fsp3) is 0.438. The molecule has 2 N–H and O–H groups in total. The van der Waals surface area contributed by atoms with Gasteiger partial charge in [-0.25, -0.2) is 9.59 Å². The monoisotopic (exact) mass is 397 g/mol. The second-order valence-electron chi connectivity index (χ2n) is 6.47. The molecular weight excluding hydrogens is 374 g/mol. The van der Waals surface area contributed by atoms with Crippen LogP contribution in [0.25, 0.3) is 0 Å². The Morgan fingerprint density at radius 1 is 1.26 bits per heavy atom. The number of carboxylic acids is 1. The number of carbonyl (C=O) groups excluding carboxylic acids is 1. The molecule has 0 aliphatic heterocycles. The number of alkyl carbamates (subject to hydrolysis) is 1. The number of hydrogen-bond donors (Lipinski definition) is 2. The van der Waals surface area contributed by atoms with Crippen molar-refractivity contribution in [2.45, 2.75) is 39.0 Å². The average molecular weight is 397 g/mol. The summed E-state index contributed by atoms with van der Waals surface area (Å²) in [5.74, 6) is -0.546. The molecule has 2 rings (SSSR count). The van der Waals surface area contributed by atoms with Crippen molar-refractivity contribution in [1.82, 2.24) is 25.5 Å². The summed E-state index contributed by atoms with van der Waals surface area (Å²) in [6.45, 7) is 5.63. The fourth-order valence-electron chi connectivity index (χ4n) is 1.97. The number of rotatable bonds is 7. The second kappa shape index (κ2) is 9.76. The van der Waals surface area contributed by atoms with Crippen molar-refractivity contribution in [3.8, 4) is 5.75 Å². The van der Waals surface area contributed by atoms with Crippen LogP contribution in [0.5, 0.6) is 5.75 Å². The van der Waals surface area contributed by atoms with Crippen LogP contribution in [-0.4, -0.2) is 55.6 Å². The highest BCUT2D eigenvalue weighted by Gasteiger charge is 2.21. The van der Waals surface area contributed by atoms with Gasteiger partial charge in [0.2, 0.25) is 0 Å². The zero-order chi connectivity index (χ0) is 19.2. The van der Waals surface area contributed by atoms with Crippen molar-refractivity contribution in [1.29, 1.82) is 0 Å². The Kier molecular flexibility index (Phi) is 8.03. The number of tetrazole rings is 1. The molecule has 1 unspecified atom stereocenters. The number of benzene rings is 1. The molecule has 0 aliphatic carbocycles. The molecule has 1 atom stereocenters. The minimum absolute atomic E-state index is 0. The zero-order valence-electron chi connectivity index (χ0n) is 15.2. The normalized spacial score (nSPS) is 11.8. The molecule has 0 spiro atoms. The van der Waals surface area contributed by atoms with Crippen LogP contribution >= 0.6 is 13.5 Å². The van der Waals surface area contributed by atoms with Crippen molar-refractivity contribution in [3.63, 3.8) is 0 Å². The number of carbonyl (C=O) groups is 2. The predicted octanol–water partition coefficient (Wildman–Crippen LogP) is 1.46. The maximum absolute atomic E-state index is 12.0. The lowest BCUT2D eigenvalue weighted by Gasteiger charge is -2.23. The summed E-state index contributed by atoms with van der Waals surface area (Å²) in [7, 11) is 0. The fourth-order valence-corrected chi connectivity index (χ4v) is 1.97. The summed E-state index contributed by atoms with van der Waals surface area (Å²) in [5, 5.41) is 22.9. The minimum atomic E-state index is -1.02. The summed E-state index contributed by atoms with van der Waals surface area (Å²) < 4.78 is 10.9. The van der Waals surface area contributed by atoms with E-state index in [0.717, 1.165) is 0 Å². The van der Waals surface area contributed by atoms with Gasteiger partial charge in [-0.1, -0.05) is 0 Å². The predicted molar refractivity (Wildman–Crippen MR) is 100 cm³/mol. The molecule has 10 nitrogen and oxygen atoms in total. The van der Waals surface area contributed by atoms with Crippen LogP contribution in [-0.2, 0) is 11.3 Å². The van der Waals surface area contributed by atoms with Crippen LogP contribution in [0.4, 0.5) is 4.79 Å². The summed E-state index contributed by atoms with van der Waals surface area (Å²) in [6.07, 6.45) is 0.697. The van der Waals surface area contributed by atoms with Crippen LogP contribution in [0.1, 0.15) is 31.1 Å². The van der Waals surface area contributed by atoms with E-state index in [9.17, 15) is 9.59 Å². The molecule has 1 aromatic carbocycles. The highest BCUT2D eigenvalue weighted by Crippen LogP contribution is 2.13. The Hall–Kier alpha value is -2.82. The summed E-state index contributed by atoms with van der Waals surface area (Å²) in [6, 6.07) is 5.47. The number of aromatic carboxylic acids is 1. The van der Waals surface area contributed by atoms with Crippen LogP contribution in [0.2, 0.25) is 0 Å². The molecule has 0 radical (unpaired) electrons. The van der Waals surface area contributed by atoms with Crippen LogP contribution in [0, 0.1) is 0 Å². The van der Waals surface area contributed by atoms with Crippen molar-refractivity contribution in [3.05, 3.63) is 36.2 Å². The number of nitrogens with one attached hydrogen (secondary N) is 1. The molecule has 0 saturated heterocycles. The second-order valence-corrected chi connectivity index (χ2v) is 6.47. The summed E-state index contributed by atoms with van der Waals surface area (Å²) >= 11 is 0. The average Bonchev–Trinajstić information content (AvgIpc) is 3.04. The quantitative estimate of drug-likeness (QED) is 0.718. The van der Waals surface area contributed by atoms with Crippen molar-refractivity contribution in [2.75, 3.05) is 6.61 Å². The first kappa shape index (κ1) is 22.2. The molecule has 11 heteroatoms. The summed E-state index contributed by atoms with van der Waals surface area (Å²) in [4.78, 5) is 24.2. The lowest BCUT2D eigenvalue weighted by Crippen LogP contribution is -2.44. The van der Waals surface area contributed by atoms with E-state index >= 15 is 0 Å². The lowest BCUT2D eigenvalue weighted by atomic mass is 10.2. The van der Waals surface area contributed by atoms with Gasteiger partial charge in [0.05, 0.1) is 18.2 Å². The third kappa shape index (κ3) is 7.94. The molecule has 1 heterocycles. The number of nitrogens with zero attached hydrogens (tertiary/aromatic N) is 4. The van der Waals surface area contributed by atoms with Crippen LogP contribution in [0.3, 0.4) is 0 Å². The number of hydrogen-bond acceptors (Lipinski definition) is 7. The van der Waals surface area contributed by atoms with Gasteiger partial charge < -0.3 is 19.9 Å². The molecule has 0 aliphatic rings. The van der Waals surface area contributed by atoms with Gasteiger partial charge in [-0.05, 0) is 50.3 Å². The SMILES string of the molecule is CC(C)(C)OC(=O)NC(COc1ccc(C(=O)O)cc1)Cn1ncnn1.S. The smallest absolute Gasteiger partial charge is 0.408 e. The molecule has 0 saturated carbocycles. The third-order valence-corrected chi connectivity index (χ3v) is 3.05. The highest BCUT2D eigenvalue weighted by atomic mass is 32.1. The Morgan fingerprint density at radius 3 is 2.44 bits per heavy atom. The topological polar surface area (TPSA) is 128 Å². The minimum Gasteiger partial charge on any atom is -0.491 e. The molecule has 27 heavy (non-hydrogen) atoms. The molecular formula is C16H23N5O5S. The van der Waals surface area contributed by atoms with E-state index in [1.54, 1.807) is 32.9 Å². The zero-order valence-corrected chi connectivity index (χ0v) is 16.2. The first-order chi connectivity index (χ1) is 12.2. The van der Waals surface area contributed by atoms with Crippen molar-refractivity contribution in [2.24, 2.45) is 0 Å². The van der Waals surface area contributed by atoms with E-state index < -0.39 is 23.7 Å². The Labute approximate surface area is 163 Å². The van der Waals surface area contributed by atoms with Gasteiger partial charge in [0.15, 0.2) is 6.33 Å².